The van der Waals surface area contributed by atoms with Crippen LogP contribution < -0.4 is 5.32 Å². The van der Waals surface area contributed by atoms with E-state index in [9.17, 15) is 9.59 Å². The predicted octanol–water partition coefficient (Wildman–Crippen LogP) is 31.3. The van der Waals surface area contributed by atoms with Crippen LogP contribution in [0.4, 0.5) is 0 Å². The zero-order valence-electron chi connectivity index (χ0n) is 80.2. The predicted molar refractivity (Wildman–Crippen MR) is 561 cm³/mol. The Morgan fingerprint density at radius 1 is 0.295 bits per heavy atom. The Morgan fingerprint density at radius 2 is 0.750 bits per heavy atom. The summed E-state index contributed by atoms with van der Waals surface area (Å²) in [6, 6.07) is 88.1. The summed E-state index contributed by atoms with van der Waals surface area (Å²) in [5, 5.41) is 17.3. The molecule has 0 saturated carbocycles. The number of nitrogens with one attached hydrogen (secondary N) is 2. The standard InChI is InChI=1S/C16H15N.C15H14N2.2C12H13N.C12H14.2C11H12N2.C10H12N2.C9H10S2.C8H11NO2/c1-11(2)12-7-8-14-9-13-5-3-4-6-15(13)17-16(14)10-12;1-10(2)11-7-8-14-15(9-11)17-13-6-4-3-5-12(13)16-14;1-9(2)10-5-6-12-11(8-10)4-3-7-13-12;1-9(2)11-8-7-10-5-3-4-6-12(10)13-11;1-9(2)12-7-10-5-3-4-6-11(10)8-12;1-8(2)9-3-4-10-11(7-9)13-6-5-12-10;1-8(2)11-7-12-9-5-3-4-6-10(9)13-11;1-7(2)8-3-4-10-9(5-8)6-11-12-10;1-6(2)8-5-9-7(11-8)3-4-10-9;1-5(2)6-3-7(10)9-8(11)4-6/h3-11H,1-2H3;3-10H,1-2H3;2*3-9H,1-2H3;3-7,9H,8H2,1-2H3;2*3-8H,1-2H3;3-7H,1-2H3,(H,11,12);3-6H,1-2H3;3,5H,4H2,1-2H3,(H,9,10,11). The molecule has 16 heteroatoms. The second-order valence-corrected chi connectivity index (χ2v) is 38.6. The number of carbonyl (C=O) groups is 2. The third kappa shape index (κ3) is 27.4. The third-order valence-corrected chi connectivity index (χ3v) is 25.4. The van der Waals surface area contributed by atoms with Crippen molar-refractivity contribution in [3.05, 3.63) is 364 Å². The number of hydrogen-bond acceptors (Lipinski definition) is 14. The van der Waals surface area contributed by atoms with Crippen molar-refractivity contribution in [1.29, 1.82) is 0 Å². The molecular weight excluding hydrogens is 1660 g/mol. The Kier molecular flexibility index (Phi) is 34.8. The van der Waals surface area contributed by atoms with E-state index in [4.69, 9.17) is 4.98 Å². The van der Waals surface area contributed by atoms with Crippen molar-refractivity contribution in [2.24, 2.45) is 11.8 Å². The molecule has 10 aromatic carbocycles. The molecule has 674 valence electrons. The van der Waals surface area contributed by atoms with Gasteiger partial charge in [-0.1, -0.05) is 289 Å². The number of pyridine rings is 3. The molecule has 1 aliphatic heterocycles. The average Bonchev–Trinajstić information content (AvgIpc) is 1.26. The second kappa shape index (κ2) is 47.0. The number of para-hydroxylation sites is 6. The van der Waals surface area contributed by atoms with Crippen LogP contribution in [0, 0.1) is 11.8 Å². The minimum absolute atomic E-state index is 0.193. The van der Waals surface area contributed by atoms with Crippen LogP contribution in [0.5, 0.6) is 0 Å². The van der Waals surface area contributed by atoms with Crippen LogP contribution in [0.1, 0.15) is 247 Å². The first-order valence-electron chi connectivity index (χ1n) is 46.3. The molecule has 0 radical (unpaired) electrons. The lowest BCUT2D eigenvalue weighted by molar-refractivity contribution is -0.128. The lowest BCUT2D eigenvalue weighted by Crippen LogP contribution is -2.33. The number of benzene rings is 10. The van der Waals surface area contributed by atoms with E-state index >= 15 is 0 Å². The minimum atomic E-state index is -0.287. The molecule has 0 unspecified atom stereocenters. The first kappa shape index (κ1) is 97.8. The molecule has 2 aliphatic rings. The van der Waals surface area contributed by atoms with Gasteiger partial charge in [0.25, 0.3) is 5.91 Å². The number of rotatable bonds is 10. The number of carbonyl (C=O) groups excluding carboxylic acids is 2. The summed E-state index contributed by atoms with van der Waals surface area (Å²) in [5.74, 6) is 4.91. The summed E-state index contributed by atoms with van der Waals surface area (Å²) < 4.78 is 2.89. The first-order valence-corrected chi connectivity index (χ1v) is 48.0. The number of nitrogens with zero attached hydrogens (tertiary/aromatic N) is 10. The van der Waals surface area contributed by atoms with Crippen molar-refractivity contribution in [3.63, 3.8) is 0 Å². The number of amides is 2. The second-order valence-electron chi connectivity index (χ2n) is 36.5. The Labute approximate surface area is 787 Å². The molecule has 2 amide bonds. The molecule has 0 spiro atoms. The number of H-pyrrole nitrogens is 1. The lowest BCUT2D eigenvalue weighted by Gasteiger charge is -2.14. The van der Waals surface area contributed by atoms with Gasteiger partial charge in [0.15, 0.2) is 0 Å². The van der Waals surface area contributed by atoms with Gasteiger partial charge in [0, 0.05) is 84.2 Å². The molecule has 0 saturated heterocycles. The molecule has 2 N–H and O–H groups in total. The number of imide groups is 1. The monoisotopic (exact) mass is 1780 g/mol. The number of allylic oxidation sites excluding steroid dienone is 1. The van der Waals surface area contributed by atoms with Crippen LogP contribution in [0.3, 0.4) is 0 Å². The highest BCUT2D eigenvalue weighted by Crippen LogP contribution is 2.35. The molecule has 10 heterocycles. The van der Waals surface area contributed by atoms with Crippen molar-refractivity contribution < 1.29 is 9.59 Å². The van der Waals surface area contributed by atoms with E-state index in [-0.39, 0.29) is 17.7 Å². The number of fused-ring (bicyclic) bond motifs is 11. The van der Waals surface area contributed by atoms with E-state index in [1.807, 2.05) is 134 Å². The van der Waals surface area contributed by atoms with Crippen LogP contribution >= 0.6 is 22.7 Å². The van der Waals surface area contributed by atoms with Gasteiger partial charge in [-0.3, -0.25) is 44.9 Å². The maximum Gasteiger partial charge on any atom is 0.250 e. The zero-order chi connectivity index (χ0) is 94.1. The van der Waals surface area contributed by atoms with Crippen LogP contribution in [0.15, 0.2) is 308 Å². The highest BCUT2D eigenvalue weighted by Gasteiger charge is 2.19. The first-order chi connectivity index (χ1) is 63.5. The number of aromatic nitrogens is 11. The van der Waals surface area contributed by atoms with E-state index in [2.05, 4.69) is 367 Å². The Hall–Kier alpha value is -13.3. The van der Waals surface area contributed by atoms with Crippen molar-refractivity contribution in [1.82, 2.24) is 60.4 Å². The summed E-state index contributed by atoms with van der Waals surface area (Å²) in [6.45, 7) is 43.5. The van der Waals surface area contributed by atoms with Crippen LogP contribution in [-0.2, 0) is 16.0 Å². The molecule has 1 aliphatic carbocycles. The van der Waals surface area contributed by atoms with Gasteiger partial charge in [0.2, 0.25) is 5.91 Å². The fourth-order valence-electron chi connectivity index (χ4n) is 14.6. The van der Waals surface area contributed by atoms with Gasteiger partial charge in [-0.15, -0.1) is 22.7 Å². The van der Waals surface area contributed by atoms with Gasteiger partial charge in [0.05, 0.1) is 83.6 Å². The van der Waals surface area contributed by atoms with E-state index in [1.54, 1.807) is 18.0 Å². The van der Waals surface area contributed by atoms with Crippen molar-refractivity contribution in [3.8, 4) is 0 Å². The fourth-order valence-corrected chi connectivity index (χ4v) is 16.8. The van der Waals surface area contributed by atoms with Gasteiger partial charge < -0.3 is 0 Å². The molecule has 19 aromatic rings. The Morgan fingerprint density at radius 3 is 1.36 bits per heavy atom. The smallest absolute Gasteiger partial charge is 0.250 e. The van der Waals surface area contributed by atoms with Crippen LogP contribution in [0.2, 0.25) is 0 Å². The summed E-state index contributed by atoms with van der Waals surface area (Å²) >= 11 is 3.76. The third-order valence-electron chi connectivity index (χ3n) is 23.0. The Balaban J connectivity index is 0.000000133. The normalized spacial score (nSPS) is 12.1. The molecule has 0 atom stereocenters. The molecule has 14 nitrogen and oxygen atoms in total. The van der Waals surface area contributed by atoms with E-state index < -0.39 is 0 Å². The lowest BCUT2D eigenvalue weighted by atomic mass is 9.97. The number of hydrogen-bond donors (Lipinski definition) is 2. The number of aromatic amines is 1. The SMILES string of the molecule is CC(C)C1=CC(=O)NC(=O)C1.CC(C)C1=Cc2ccccc2C1.CC(C)c1cc2sccc2s1.CC(C)c1ccc2[nH]ncc2c1.CC(C)c1ccc2cc3ccccc3nc2c1.CC(C)c1ccc2ccccc2n1.CC(C)c1ccc2nc3ccccc3nc2c1.CC(C)c1ccc2ncccc2c1.CC(C)c1ccc2nccnc2c1.CC(C)c1cnc2ccccc2n1. The molecule has 132 heavy (non-hydrogen) atoms. The highest BCUT2D eigenvalue weighted by molar-refractivity contribution is 7.27. The van der Waals surface area contributed by atoms with E-state index in [1.165, 1.54) is 91.9 Å². The average molecular weight is 1780 g/mol. The topological polar surface area (TPSA) is 191 Å². The van der Waals surface area contributed by atoms with Crippen LogP contribution in [-0.4, -0.2) is 66.9 Å². The van der Waals surface area contributed by atoms with E-state index in [0.29, 0.717) is 59.7 Å². The highest BCUT2D eigenvalue weighted by atomic mass is 32.1. The molecule has 0 fully saturated rings. The quantitative estimate of drug-likeness (QED) is 0.0974. The van der Waals surface area contributed by atoms with Crippen LogP contribution in [0.25, 0.3) is 114 Å². The molecule has 21 rings (SSSR count). The zero-order valence-corrected chi connectivity index (χ0v) is 81.8. The molecular formula is C116H126N12O2S2. The van der Waals surface area contributed by atoms with Crippen molar-refractivity contribution in [2.75, 3.05) is 0 Å². The summed E-state index contributed by atoms with van der Waals surface area (Å²) in [7, 11) is 0. The molecule has 0 bridgehead atoms. The number of thiophene rings is 2. The van der Waals surface area contributed by atoms with Gasteiger partial charge in [-0.25, -0.2) is 19.9 Å². The van der Waals surface area contributed by atoms with Crippen molar-refractivity contribution >= 4 is 149 Å². The van der Waals surface area contributed by atoms with E-state index in [0.717, 1.165) is 89.4 Å². The fraction of sp³-hybridized carbons (Fsp3) is 0.276. The maximum atomic E-state index is 10.8. The maximum absolute atomic E-state index is 10.8. The van der Waals surface area contributed by atoms with Gasteiger partial charge in [-0.05, 0) is 231 Å². The largest absolute Gasteiger partial charge is 0.293 e. The van der Waals surface area contributed by atoms with Gasteiger partial charge >= 0.3 is 0 Å². The molecule has 9 aromatic heterocycles. The van der Waals surface area contributed by atoms with Gasteiger partial charge in [-0.2, -0.15) is 5.10 Å². The Bertz CT molecular complexity index is 6650. The minimum Gasteiger partial charge on any atom is -0.293 e. The summed E-state index contributed by atoms with van der Waals surface area (Å²) in [4.78, 5) is 63.3. The summed E-state index contributed by atoms with van der Waals surface area (Å²) in [5.41, 5.74) is 27.5. The summed E-state index contributed by atoms with van der Waals surface area (Å²) in [6.07, 6.45) is 14.4. The van der Waals surface area contributed by atoms with Crippen molar-refractivity contribution in [2.45, 2.75) is 199 Å². The van der Waals surface area contributed by atoms with Gasteiger partial charge in [0.1, 0.15) is 0 Å².